The number of halogens is 2. The summed E-state index contributed by atoms with van der Waals surface area (Å²) in [5.74, 6) is -2.53. The maximum absolute atomic E-state index is 12.7. The molecule has 1 fully saturated rings. The molecule has 10 heavy (non-hydrogen) atoms. The first-order chi connectivity index (χ1) is 4.35. The van der Waals surface area contributed by atoms with Gasteiger partial charge in [-0.05, 0) is 14.0 Å². The summed E-state index contributed by atoms with van der Waals surface area (Å²) in [6, 6.07) is 0. The molecular formula is C7H13F2N. The Balaban J connectivity index is 2.57. The molecule has 0 atom stereocenters. The molecule has 3 heteroatoms. The van der Waals surface area contributed by atoms with Crippen LogP contribution in [0.2, 0.25) is 0 Å². The Morgan fingerprint density at radius 3 is 1.90 bits per heavy atom. The smallest absolute Gasteiger partial charge is 0.253 e. The first-order valence-corrected chi connectivity index (χ1v) is 3.41. The predicted molar refractivity (Wildman–Crippen MR) is 36.2 cm³/mol. The molecule has 0 saturated carbocycles. The van der Waals surface area contributed by atoms with Gasteiger partial charge in [0.2, 0.25) is 0 Å². The summed E-state index contributed by atoms with van der Waals surface area (Å²) in [7, 11) is 1.85. The summed E-state index contributed by atoms with van der Waals surface area (Å²) in [6.07, 6.45) is 0. The zero-order valence-corrected chi connectivity index (χ0v) is 6.62. The van der Waals surface area contributed by atoms with Crippen LogP contribution >= 0.6 is 0 Å². The highest BCUT2D eigenvalue weighted by Crippen LogP contribution is 2.42. The van der Waals surface area contributed by atoms with Gasteiger partial charge in [-0.25, -0.2) is 8.78 Å². The van der Waals surface area contributed by atoms with E-state index in [9.17, 15) is 8.78 Å². The molecule has 0 aromatic rings. The molecule has 0 aromatic carbocycles. The van der Waals surface area contributed by atoms with E-state index in [2.05, 4.69) is 0 Å². The van der Waals surface area contributed by atoms with Gasteiger partial charge in [0.25, 0.3) is 5.92 Å². The predicted octanol–water partition coefficient (Wildman–Crippen LogP) is 1.59. The quantitative estimate of drug-likeness (QED) is 0.547. The van der Waals surface area contributed by atoms with E-state index in [1.165, 1.54) is 0 Å². The second-order valence-electron chi connectivity index (χ2n) is 3.62. The molecule has 0 N–H and O–H groups in total. The molecule has 1 nitrogen and oxygen atoms in total. The molecule has 0 bridgehead atoms. The molecule has 1 heterocycles. The maximum atomic E-state index is 12.7. The lowest BCUT2D eigenvalue weighted by molar-refractivity contribution is -0.163. The van der Waals surface area contributed by atoms with Crippen molar-refractivity contribution in [3.63, 3.8) is 0 Å². The molecule has 1 aliphatic rings. The molecule has 1 saturated heterocycles. The number of likely N-dealkylation sites (tertiary alicyclic amines) is 1. The van der Waals surface area contributed by atoms with Crippen LogP contribution in [0.5, 0.6) is 0 Å². The number of nitrogens with zero attached hydrogens (tertiary/aromatic N) is 1. The minimum atomic E-state index is -2.53. The van der Waals surface area contributed by atoms with E-state index in [1.807, 2.05) is 11.9 Å². The molecule has 0 radical (unpaired) electrons. The van der Waals surface area contributed by atoms with Crippen LogP contribution in [0.15, 0.2) is 0 Å². The monoisotopic (exact) mass is 149 g/mol. The fourth-order valence-electron chi connectivity index (χ4n) is 1.42. The van der Waals surface area contributed by atoms with Crippen LogP contribution in [0.1, 0.15) is 13.8 Å². The third-order valence-electron chi connectivity index (χ3n) is 2.30. The van der Waals surface area contributed by atoms with Crippen molar-refractivity contribution >= 4 is 0 Å². The molecule has 0 unspecified atom stereocenters. The van der Waals surface area contributed by atoms with Crippen molar-refractivity contribution < 1.29 is 8.78 Å². The van der Waals surface area contributed by atoms with Crippen LogP contribution in [0.25, 0.3) is 0 Å². The summed E-state index contributed by atoms with van der Waals surface area (Å²) >= 11 is 0. The Kier molecular flexibility index (Phi) is 1.51. The van der Waals surface area contributed by atoms with Crippen molar-refractivity contribution in [3.05, 3.63) is 0 Å². The Morgan fingerprint density at radius 1 is 1.40 bits per heavy atom. The van der Waals surface area contributed by atoms with Crippen molar-refractivity contribution in [1.82, 2.24) is 4.90 Å². The molecule has 0 aromatic heterocycles. The fraction of sp³-hybridized carbons (Fsp3) is 1.00. The van der Waals surface area contributed by atoms with Crippen molar-refractivity contribution in [2.75, 3.05) is 20.1 Å². The summed E-state index contributed by atoms with van der Waals surface area (Å²) in [5, 5.41) is 0. The average Bonchev–Trinajstić information content (AvgIpc) is 1.58. The van der Waals surface area contributed by atoms with Crippen LogP contribution in [0.4, 0.5) is 8.78 Å². The van der Waals surface area contributed by atoms with Gasteiger partial charge in [-0.1, -0.05) is 6.92 Å². The highest BCUT2D eigenvalue weighted by Gasteiger charge is 2.52. The van der Waals surface area contributed by atoms with Gasteiger partial charge in [-0.2, -0.15) is 0 Å². The minimum absolute atomic E-state index is 0.510. The van der Waals surface area contributed by atoms with Crippen molar-refractivity contribution in [2.24, 2.45) is 5.41 Å². The minimum Gasteiger partial charge on any atom is -0.305 e. The number of hydrogen-bond donors (Lipinski definition) is 0. The van der Waals surface area contributed by atoms with Gasteiger partial charge in [-0.3, -0.25) is 0 Å². The Bertz CT molecular complexity index is 133. The third-order valence-corrected chi connectivity index (χ3v) is 2.30. The van der Waals surface area contributed by atoms with E-state index in [0.29, 0.717) is 13.1 Å². The third kappa shape index (κ3) is 1.03. The Hall–Kier alpha value is -0.180. The van der Waals surface area contributed by atoms with Crippen LogP contribution < -0.4 is 0 Å². The summed E-state index contributed by atoms with van der Waals surface area (Å²) in [5.41, 5.74) is -0.776. The van der Waals surface area contributed by atoms with Crippen LogP contribution in [-0.4, -0.2) is 31.0 Å². The Labute approximate surface area is 60.0 Å². The molecule has 0 aliphatic carbocycles. The summed E-state index contributed by atoms with van der Waals surface area (Å²) in [6.45, 7) is 3.65. The van der Waals surface area contributed by atoms with E-state index in [-0.39, 0.29) is 0 Å². The van der Waals surface area contributed by atoms with E-state index in [0.717, 1.165) is 6.92 Å². The summed E-state index contributed by atoms with van der Waals surface area (Å²) in [4.78, 5) is 1.90. The topological polar surface area (TPSA) is 3.24 Å². The molecule has 0 amide bonds. The van der Waals surface area contributed by atoms with E-state index < -0.39 is 11.3 Å². The van der Waals surface area contributed by atoms with Crippen molar-refractivity contribution in [2.45, 2.75) is 19.8 Å². The summed E-state index contributed by atoms with van der Waals surface area (Å²) < 4.78 is 25.4. The molecule has 0 spiro atoms. The fourth-order valence-corrected chi connectivity index (χ4v) is 1.42. The lowest BCUT2D eigenvalue weighted by atomic mass is 9.77. The largest absolute Gasteiger partial charge is 0.305 e. The average molecular weight is 149 g/mol. The zero-order valence-electron chi connectivity index (χ0n) is 6.62. The Morgan fingerprint density at radius 2 is 1.80 bits per heavy atom. The number of hydrogen-bond acceptors (Lipinski definition) is 1. The normalized spacial score (nSPS) is 26.1. The molecular weight excluding hydrogens is 136 g/mol. The highest BCUT2D eigenvalue weighted by atomic mass is 19.3. The van der Waals surface area contributed by atoms with Crippen LogP contribution in [0, 0.1) is 5.41 Å². The number of rotatable bonds is 1. The van der Waals surface area contributed by atoms with Gasteiger partial charge >= 0.3 is 0 Å². The molecule has 1 aliphatic heterocycles. The highest BCUT2D eigenvalue weighted by molar-refractivity contribution is 4.97. The SMILES string of the molecule is CN1CC(C)(C(C)(F)F)C1. The van der Waals surface area contributed by atoms with Gasteiger partial charge in [0.05, 0.1) is 5.41 Å². The second kappa shape index (κ2) is 1.91. The van der Waals surface area contributed by atoms with Gasteiger partial charge in [0, 0.05) is 13.1 Å². The lowest BCUT2D eigenvalue weighted by Gasteiger charge is -2.49. The van der Waals surface area contributed by atoms with Gasteiger partial charge in [0.15, 0.2) is 0 Å². The van der Waals surface area contributed by atoms with Crippen molar-refractivity contribution in [1.29, 1.82) is 0 Å². The lowest BCUT2D eigenvalue weighted by Crippen LogP contribution is -2.60. The van der Waals surface area contributed by atoms with Crippen molar-refractivity contribution in [3.8, 4) is 0 Å². The molecule has 1 rings (SSSR count). The van der Waals surface area contributed by atoms with Crippen LogP contribution in [-0.2, 0) is 0 Å². The first kappa shape index (κ1) is 7.92. The van der Waals surface area contributed by atoms with E-state index >= 15 is 0 Å². The second-order valence-corrected chi connectivity index (χ2v) is 3.62. The number of alkyl halides is 2. The maximum Gasteiger partial charge on any atom is 0.253 e. The first-order valence-electron chi connectivity index (χ1n) is 3.41. The van der Waals surface area contributed by atoms with Gasteiger partial charge in [-0.15, -0.1) is 0 Å². The molecule has 60 valence electrons. The van der Waals surface area contributed by atoms with Gasteiger partial charge in [0.1, 0.15) is 0 Å². The van der Waals surface area contributed by atoms with E-state index in [1.54, 1.807) is 6.92 Å². The van der Waals surface area contributed by atoms with Crippen LogP contribution in [0.3, 0.4) is 0 Å². The zero-order chi connectivity index (χ0) is 7.99. The van der Waals surface area contributed by atoms with Gasteiger partial charge < -0.3 is 4.90 Å². The standard InChI is InChI=1S/C7H13F2N/c1-6(7(2,8)9)4-10(3)5-6/h4-5H2,1-3H3. The van der Waals surface area contributed by atoms with E-state index in [4.69, 9.17) is 0 Å².